The molecule has 5 rings (SSSR count). The third-order valence-corrected chi connectivity index (χ3v) is 6.08. The molecule has 37 heavy (non-hydrogen) atoms. The van der Waals surface area contributed by atoms with Crippen molar-refractivity contribution in [3.05, 3.63) is 102 Å². The molecule has 0 spiro atoms. The first kappa shape index (κ1) is 23.9. The van der Waals surface area contributed by atoms with Crippen LogP contribution in [0.25, 0.3) is 21.8 Å². The molecule has 7 heteroatoms. The van der Waals surface area contributed by atoms with Crippen LogP contribution < -0.4 is 10.9 Å². The van der Waals surface area contributed by atoms with Crippen LogP contribution in [0.1, 0.15) is 37.5 Å². The highest BCUT2D eigenvalue weighted by Gasteiger charge is 2.18. The minimum atomic E-state index is -0.140. The molecule has 0 amide bonds. The fourth-order valence-corrected chi connectivity index (χ4v) is 4.04. The number of hydrogen-bond donors (Lipinski definition) is 3. The highest BCUT2D eigenvalue weighted by molar-refractivity contribution is 5.95. The van der Waals surface area contributed by atoms with Crippen molar-refractivity contribution in [1.82, 2.24) is 9.97 Å². The summed E-state index contributed by atoms with van der Waals surface area (Å²) in [5.41, 5.74) is 11.4. The van der Waals surface area contributed by atoms with E-state index >= 15 is 0 Å². The summed E-state index contributed by atoms with van der Waals surface area (Å²) in [5, 5.41) is 21.9. The van der Waals surface area contributed by atoms with Gasteiger partial charge >= 0.3 is 0 Å². The SMILES string of the molecule is CC(C)(C)c1cc(/C=N\Nc2cccc3cccnc23)c(O)c(/C=N\Nc2cccc3cccnc23)c1. The van der Waals surface area contributed by atoms with Crippen LogP contribution in [0.4, 0.5) is 11.4 Å². The standard InChI is InChI=1S/C30H28N6O/c1-30(2,3)24-16-22(18-33-35-25-12-4-8-20-10-6-14-31-27(20)25)29(37)23(17-24)19-34-36-26-13-5-9-21-11-7-15-32-28(21)26/h4-19,35-37H,1-3H3/b33-18-,34-19-. The number of phenolic OH excluding ortho intramolecular Hbond substituents is 1. The molecule has 0 unspecified atom stereocenters. The first-order valence-corrected chi connectivity index (χ1v) is 12.0. The zero-order valence-electron chi connectivity index (χ0n) is 21.0. The number of hydrogen-bond acceptors (Lipinski definition) is 7. The fourth-order valence-electron chi connectivity index (χ4n) is 4.04. The molecule has 0 aliphatic carbocycles. The molecule has 3 aromatic carbocycles. The van der Waals surface area contributed by atoms with Gasteiger partial charge in [0.2, 0.25) is 0 Å². The van der Waals surface area contributed by atoms with Crippen molar-refractivity contribution in [2.24, 2.45) is 10.2 Å². The number of pyridine rings is 2. The van der Waals surface area contributed by atoms with Gasteiger partial charge in [0.15, 0.2) is 0 Å². The van der Waals surface area contributed by atoms with Crippen molar-refractivity contribution in [1.29, 1.82) is 0 Å². The van der Waals surface area contributed by atoms with E-state index in [9.17, 15) is 5.11 Å². The Bertz CT molecular complexity index is 1510. The Kier molecular flexibility index (Phi) is 6.51. The first-order chi connectivity index (χ1) is 17.9. The Hall–Kier alpha value is -4.78. The molecule has 0 aliphatic heterocycles. The molecule has 7 nitrogen and oxygen atoms in total. The number of nitrogens with one attached hydrogen (secondary N) is 2. The van der Waals surface area contributed by atoms with Crippen LogP contribution in [0.3, 0.4) is 0 Å². The quantitative estimate of drug-likeness (QED) is 0.183. The minimum absolute atomic E-state index is 0.0937. The molecule has 0 radical (unpaired) electrons. The summed E-state index contributed by atoms with van der Waals surface area (Å²) in [6, 6.07) is 23.5. The predicted octanol–water partition coefficient (Wildman–Crippen LogP) is 6.68. The Morgan fingerprint density at radius 2 is 1.16 bits per heavy atom. The first-order valence-electron chi connectivity index (χ1n) is 12.0. The number of para-hydroxylation sites is 2. The van der Waals surface area contributed by atoms with Crippen LogP contribution in [-0.4, -0.2) is 27.5 Å². The van der Waals surface area contributed by atoms with Gasteiger partial charge in [-0.25, -0.2) is 0 Å². The van der Waals surface area contributed by atoms with Gasteiger partial charge < -0.3 is 5.11 Å². The van der Waals surface area contributed by atoms with Gasteiger partial charge in [-0.1, -0.05) is 57.2 Å². The summed E-state index contributed by atoms with van der Waals surface area (Å²) in [4.78, 5) is 8.90. The van der Waals surface area contributed by atoms with Crippen LogP contribution in [0.2, 0.25) is 0 Å². The monoisotopic (exact) mass is 488 g/mol. The van der Waals surface area contributed by atoms with Crippen molar-refractivity contribution >= 4 is 45.6 Å². The van der Waals surface area contributed by atoms with Crippen molar-refractivity contribution in [2.45, 2.75) is 26.2 Å². The molecule has 2 aromatic heterocycles. The molecule has 2 heterocycles. The number of hydrazone groups is 2. The Balaban J connectivity index is 1.43. The number of aromatic hydroxyl groups is 1. The topological polar surface area (TPSA) is 94.8 Å². The van der Waals surface area contributed by atoms with Crippen LogP contribution >= 0.6 is 0 Å². The molecule has 0 bridgehead atoms. The lowest BCUT2D eigenvalue weighted by Crippen LogP contribution is -2.12. The molecule has 3 N–H and O–H groups in total. The normalized spacial score (nSPS) is 12.1. The van der Waals surface area contributed by atoms with E-state index < -0.39 is 0 Å². The summed E-state index contributed by atoms with van der Waals surface area (Å²) in [5.74, 6) is 0.0937. The van der Waals surface area contributed by atoms with Crippen molar-refractivity contribution in [2.75, 3.05) is 10.9 Å². The molecular weight excluding hydrogens is 460 g/mol. The fraction of sp³-hybridized carbons (Fsp3) is 0.133. The highest BCUT2D eigenvalue weighted by atomic mass is 16.3. The molecule has 5 aromatic rings. The molecule has 184 valence electrons. The summed E-state index contributed by atoms with van der Waals surface area (Å²) < 4.78 is 0. The Morgan fingerprint density at radius 1 is 0.703 bits per heavy atom. The molecule has 0 saturated carbocycles. The number of anilines is 2. The van der Waals surface area contributed by atoms with E-state index in [1.165, 1.54) is 0 Å². The lowest BCUT2D eigenvalue weighted by molar-refractivity contribution is 0.472. The number of phenols is 1. The summed E-state index contributed by atoms with van der Waals surface area (Å²) in [6.45, 7) is 6.38. The third kappa shape index (κ3) is 5.26. The zero-order chi connectivity index (χ0) is 25.8. The molecule has 0 fully saturated rings. The van der Waals surface area contributed by atoms with Crippen molar-refractivity contribution in [3.63, 3.8) is 0 Å². The Labute approximate surface area is 215 Å². The molecule has 0 atom stereocenters. The maximum Gasteiger partial charge on any atom is 0.133 e. The number of nitrogens with zero attached hydrogens (tertiary/aromatic N) is 4. The predicted molar refractivity (Wildman–Crippen MR) is 153 cm³/mol. The van der Waals surface area contributed by atoms with Crippen LogP contribution in [-0.2, 0) is 5.41 Å². The van der Waals surface area contributed by atoms with E-state index in [1.54, 1.807) is 24.8 Å². The minimum Gasteiger partial charge on any atom is -0.507 e. The smallest absolute Gasteiger partial charge is 0.133 e. The largest absolute Gasteiger partial charge is 0.507 e. The number of fused-ring (bicyclic) bond motifs is 2. The van der Waals surface area contributed by atoms with Gasteiger partial charge in [-0.2, -0.15) is 10.2 Å². The molecule has 0 saturated heterocycles. The van der Waals surface area contributed by atoms with Crippen LogP contribution in [0, 0.1) is 0 Å². The Morgan fingerprint density at radius 3 is 1.62 bits per heavy atom. The van der Waals surface area contributed by atoms with E-state index in [0.29, 0.717) is 11.1 Å². The molecular formula is C30H28N6O. The second-order valence-corrected chi connectivity index (χ2v) is 9.75. The molecule has 0 aliphatic rings. The number of benzene rings is 3. The van der Waals surface area contributed by atoms with E-state index in [4.69, 9.17) is 0 Å². The maximum atomic E-state index is 11.1. The average Bonchev–Trinajstić information content (AvgIpc) is 2.90. The summed E-state index contributed by atoms with van der Waals surface area (Å²) in [7, 11) is 0. The summed E-state index contributed by atoms with van der Waals surface area (Å²) >= 11 is 0. The average molecular weight is 489 g/mol. The van der Waals surface area contributed by atoms with E-state index in [1.807, 2.05) is 72.8 Å². The van der Waals surface area contributed by atoms with Gasteiger partial charge in [-0.3, -0.25) is 20.8 Å². The van der Waals surface area contributed by atoms with Gasteiger partial charge in [0, 0.05) is 34.3 Å². The zero-order valence-corrected chi connectivity index (χ0v) is 21.0. The van der Waals surface area contributed by atoms with Gasteiger partial charge in [0.25, 0.3) is 0 Å². The highest BCUT2D eigenvalue weighted by Crippen LogP contribution is 2.30. The van der Waals surface area contributed by atoms with Crippen molar-refractivity contribution in [3.8, 4) is 5.75 Å². The van der Waals surface area contributed by atoms with Gasteiger partial charge in [-0.15, -0.1) is 0 Å². The lowest BCUT2D eigenvalue weighted by atomic mass is 9.85. The number of aromatic nitrogens is 2. The van der Waals surface area contributed by atoms with Crippen LogP contribution in [0.5, 0.6) is 5.75 Å². The summed E-state index contributed by atoms with van der Waals surface area (Å²) in [6.07, 6.45) is 6.74. The third-order valence-electron chi connectivity index (χ3n) is 6.08. The maximum absolute atomic E-state index is 11.1. The second kappa shape index (κ2) is 10.1. The lowest BCUT2D eigenvalue weighted by Gasteiger charge is -2.21. The second-order valence-electron chi connectivity index (χ2n) is 9.75. The van der Waals surface area contributed by atoms with Gasteiger partial charge in [0.1, 0.15) is 5.75 Å². The van der Waals surface area contributed by atoms with Crippen LogP contribution in [0.15, 0.2) is 95.4 Å². The van der Waals surface area contributed by atoms with E-state index in [-0.39, 0.29) is 11.2 Å². The number of rotatable bonds is 6. The van der Waals surface area contributed by atoms with E-state index in [2.05, 4.69) is 51.8 Å². The van der Waals surface area contributed by atoms with E-state index in [0.717, 1.165) is 38.7 Å². The van der Waals surface area contributed by atoms with Crippen molar-refractivity contribution < 1.29 is 5.11 Å². The van der Waals surface area contributed by atoms with Gasteiger partial charge in [0.05, 0.1) is 34.8 Å². The van der Waals surface area contributed by atoms with Gasteiger partial charge in [-0.05, 0) is 47.4 Å².